The number of ether oxygens (including phenoxy) is 1. The summed E-state index contributed by atoms with van der Waals surface area (Å²) in [5.74, 6) is -0.261. The van der Waals surface area contributed by atoms with Crippen LogP contribution in [0.5, 0.6) is 5.75 Å². The van der Waals surface area contributed by atoms with Gasteiger partial charge in [-0.15, -0.1) is 0 Å². The predicted octanol–water partition coefficient (Wildman–Crippen LogP) is 5.47. The standard InChI is InChI=1S/C28H24N2O3/c31-26(20-33-25-17-8-3-9-18-25)29-23-15-10-16-24(19-23)30-28(32)27(21-11-4-1-5-12-21)22-13-6-2-7-14-22/h1-19,27H,20H2,(H,29,31)(H,30,32). The zero-order valence-corrected chi connectivity index (χ0v) is 18.0. The van der Waals surface area contributed by atoms with Crippen LogP contribution in [0.4, 0.5) is 11.4 Å². The van der Waals surface area contributed by atoms with Gasteiger partial charge < -0.3 is 15.4 Å². The van der Waals surface area contributed by atoms with Gasteiger partial charge in [-0.3, -0.25) is 9.59 Å². The first-order chi connectivity index (χ1) is 16.2. The molecule has 5 nitrogen and oxygen atoms in total. The maximum absolute atomic E-state index is 13.3. The lowest BCUT2D eigenvalue weighted by atomic mass is 9.90. The Labute approximate surface area is 193 Å². The molecule has 0 fully saturated rings. The summed E-state index contributed by atoms with van der Waals surface area (Å²) in [4.78, 5) is 25.6. The van der Waals surface area contributed by atoms with E-state index in [0.717, 1.165) is 11.1 Å². The van der Waals surface area contributed by atoms with Crippen LogP contribution >= 0.6 is 0 Å². The molecule has 0 aliphatic rings. The normalized spacial score (nSPS) is 10.5. The quantitative estimate of drug-likeness (QED) is 0.385. The van der Waals surface area contributed by atoms with Gasteiger partial charge in [0.1, 0.15) is 5.75 Å². The van der Waals surface area contributed by atoms with E-state index < -0.39 is 5.92 Å². The zero-order chi connectivity index (χ0) is 22.9. The van der Waals surface area contributed by atoms with Crippen LogP contribution < -0.4 is 15.4 Å². The summed E-state index contributed by atoms with van der Waals surface area (Å²) in [6, 6.07) is 35.5. The van der Waals surface area contributed by atoms with Crippen molar-refractivity contribution in [1.29, 1.82) is 0 Å². The van der Waals surface area contributed by atoms with Crippen molar-refractivity contribution < 1.29 is 14.3 Å². The summed E-state index contributed by atoms with van der Waals surface area (Å²) in [5.41, 5.74) is 2.98. The van der Waals surface area contributed by atoms with Gasteiger partial charge in [0, 0.05) is 11.4 Å². The molecule has 0 atom stereocenters. The largest absolute Gasteiger partial charge is 0.484 e. The van der Waals surface area contributed by atoms with Gasteiger partial charge in [-0.2, -0.15) is 0 Å². The van der Waals surface area contributed by atoms with Crippen molar-refractivity contribution in [1.82, 2.24) is 0 Å². The van der Waals surface area contributed by atoms with E-state index in [1.807, 2.05) is 78.9 Å². The van der Waals surface area contributed by atoms with Crippen molar-refractivity contribution >= 4 is 23.2 Å². The molecular weight excluding hydrogens is 412 g/mol. The highest BCUT2D eigenvalue weighted by Crippen LogP contribution is 2.27. The van der Waals surface area contributed by atoms with E-state index in [2.05, 4.69) is 10.6 Å². The maximum Gasteiger partial charge on any atom is 0.262 e. The van der Waals surface area contributed by atoms with Crippen molar-refractivity contribution in [2.75, 3.05) is 17.2 Å². The Morgan fingerprint density at radius 1 is 0.636 bits per heavy atom. The highest BCUT2D eigenvalue weighted by molar-refractivity contribution is 5.99. The second-order valence-corrected chi connectivity index (χ2v) is 7.47. The fourth-order valence-corrected chi connectivity index (χ4v) is 3.54. The molecule has 4 aromatic rings. The van der Waals surface area contributed by atoms with E-state index in [-0.39, 0.29) is 18.4 Å². The Hall–Kier alpha value is -4.38. The lowest BCUT2D eigenvalue weighted by Crippen LogP contribution is -2.23. The number of carbonyl (C=O) groups is 2. The third-order valence-corrected chi connectivity index (χ3v) is 5.06. The molecule has 0 saturated heterocycles. The van der Waals surface area contributed by atoms with E-state index >= 15 is 0 Å². The summed E-state index contributed by atoms with van der Waals surface area (Å²) in [6.45, 7) is -0.106. The summed E-state index contributed by atoms with van der Waals surface area (Å²) in [5, 5.41) is 5.79. The van der Waals surface area contributed by atoms with Crippen LogP contribution in [0.15, 0.2) is 115 Å². The predicted molar refractivity (Wildman–Crippen MR) is 130 cm³/mol. The third-order valence-electron chi connectivity index (χ3n) is 5.06. The minimum absolute atomic E-state index is 0.106. The second kappa shape index (κ2) is 10.8. The minimum Gasteiger partial charge on any atom is -0.484 e. The van der Waals surface area contributed by atoms with Gasteiger partial charge in [0.2, 0.25) is 5.91 Å². The molecule has 0 saturated carbocycles. The van der Waals surface area contributed by atoms with Gasteiger partial charge in [0.15, 0.2) is 6.61 Å². The van der Waals surface area contributed by atoms with Crippen LogP contribution in [0.3, 0.4) is 0 Å². The first kappa shape index (κ1) is 21.8. The molecule has 2 amide bonds. The van der Waals surface area contributed by atoms with Crippen LogP contribution in [-0.4, -0.2) is 18.4 Å². The molecule has 4 aromatic carbocycles. The molecule has 0 unspecified atom stereocenters. The Morgan fingerprint density at radius 3 is 1.73 bits per heavy atom. The lowest BCUT2D eigenvalue weighted by molar-refractivity contribution is -0.118. The van der Waals surface area contributed by atoms with Crippen LogP contribution in [0.1, 0.15) is 17.0 Å². The van der Waals surface area contributed by atoms with Crippen molar-refractivity contribution in [2.24, 2.45) is 0 Å². The smallest absolute Gasteiger partial charge is 0.262 e. The molecule has 2 N–H and O–H groups in total. The molecule has 164 valence electrons. The maximum atomic E-state index is 13.3. The highest BCUT2D eigenvalue weighted by atomic mass is 16.5. The number of hydrogen-bond donors (Lipinski definition) is 2. The van der Waals surface area contributed by atoms with Crippen molar-refractivity contribution in [2.45, 2.75) is 5.92 Å². The van der Waals surface area contributed by atoms with Gasteiger partial charge in [-0.25, -0.2) is 0 Å². The van der Waals surface area contributed by atoms with Crippen molar-refractivity contribution in [3.8, 4) is 5.75 Å². The molecule has 0 radical (unpaired) electrons. The number of nitrogens with one attached hydrogen (secondary N) is 2. The first-order valence-electron chi connectivity index (χ1n) is 10.7. The Bertz CT molecular complexity index is 1160. The molecular formula is C28H24N2O3. The number of amides is 2. The molecule has 4 rings (SSSR count). The average molecular weight is 437 g/mol. The van der Waals surface area contributed by atoms with Gasteiger partial charge >= 0.3 is 0 Å². The van der Waals surface area contributed by atoms with E-state index in [0.29, 0.717) is 17.1 Å². The third kappa shape index (κ3) is 6.08. The number of benzene rings is 4. The number of rotatable bonds is 8. The fraction of sp³-hybridized carbons (Fsp3) is 0.0714. The molecule has 0 bridgehead atoms. The van der Waals surface area contributed by atoms with Crippen LogP contribution in [0.2, 0.25) is 0 Å². The average Bonchev–Trinajstić information content (AvgIpc) is 2.85. The number of anilines is 2. The molecule has 0 spiro atoms. The minimum atomic E-state index is -0.454. The topological polar surface area (TPSA) is 67.4 Å². The van der Waals surface area contributed by atoms with Crippen molar-refractivity contribution in [3.63, 3.8) is 0 Å². The molecule has 0 aliphatic carbocycles. The van der Waals surface area contributed by atoms with Crippen LogP contribution in [0.25, 0.3) is 0 Å². The van der Waals surface area contributed by atoms with E-state index in [1.54, 1.807) is 36.4 Å². The second-order valence-electron chi connectivity index (χ2n) is 7.47. The Kier molecular flexibility index (Phi) is 7.13. The van der Waals surface area contributed by atoms with Crippen LogP contribution in [0, 0.1) is 0 Å². The van der Waals surface area contributed by atoms with Gasteiger partial charge in [-0.05, 0) is 41.5 Å². The highest BCUT2D eigenvalue weighted by Gasteiger charge is 2.22. The number of hydrogen-bond acceptors (Lipinski definition) is 3. The number of carbonyl (C=O) groups excluding carboxylic acids is 2. The molecule has 0 aromatic heterocycles. The Balaban J connectivity index is 1.44. The van der Waals surface area contributed by atoms with Gasteiger partial charge in [-0.1, -0.05) is 84.9 Å². The monoisotopic (exact) mass is 436 g/mol. The summed E-state index contributed by atoms with van der Waals surface area (Å²) in [7, 11) is 0. The fourth-order valence-electron chi connectivity index (χ4n) is 3.54. The molecule has 0 heterocycles. The van der Waals surface area contributed by atoms with Crippen molar-refractivity contribution in [3.05, 3.63) is 126 Å². The van der Waals surface area contributed by atoms with E-state index in [1.165, 1.54) is 0 Å². The summed E-state index contributed by atoms with van der Waals surface area (Å²) in [6.07, 6.45) is 0. The lowest BCUT2D eigenvalue weighted by Gasteiger charge is -2.18. The van der Waals surface area contributed by atoms with Gasteiger partial charge in [0.05, 0.1) is 5.92 Å². The first-order valence-corrected chi connectivity index (χ1v) is 10.7. The van der Waals surface area contributed by atoms with Crippen LogP contribution in [-0.2, 0) is 9.59 Å². The number of para-hydroxylation sites is 1. The zero-order valence-electron chi connectivity index (χ0n) is 18.0. The molecule has 0 aliphatic heterocycles. The molecule has 5 heteroatoms. The SMILES string of the molecule is O=C(COc1ccccc1)Nc1cccc(NC(=O)C(c2ccccc2)c2ccccc2)c1. The van der Waals surface area contributed by atoms with E-state index in [9.17, 15) is 9.59 Å². The summed E-state index contributed by atoms with van der Waals surface area (Å²) < 4.78 is 5.48. The summed E-state index contributed by atoms with van der Waals surface area (Å²) >= 11 is 0. The van der Waals surface area contributed by atoms with E-state index in [4.69, 9.17) is 4.74 Å². The molecule has 33 heavy (non-hydrogen) atoms. The van der Waals surface area contributed by atoms with Gasteiger partial charge in [0.25, 0.3) is 5.91 Å². The Morgan fingerprint density at radius 2 is 1.15 bits per heavy atom.